The zero-order valence-corrected chi connectivity index (χ0v) is 11.9. The highest BCUT2D eigenvalue weighted by atomic mass is 35.5. The molecule has 0 radical (unpaired) electrons. The predicted octanol–water partition coefficient (Wildman–Crippen LogP) is 3.34. The number of nitrogens with zero attached hydrogens (tertiary/aromatic N) is 1. The Morgan fingerprint density at radius 3 is 2.79 bits per heavy atom. The van der Waals surface area contributed by atoms with Crippen LogP contribution in [-0.2, 0) is 13.1 Å². The number of benzene rings is 1. The van der Waals surface area contributed by atoms with Gasteiger partial charge in [0.15, 0.2) is 0 Å². The van der Waals surface area contributed by atoms with E-state index in [9.17, 15) is 0 Å². The molecule has 2 aromatic rings. The molecule has 0 unspecified atom stereocenters. The van der Waals surface area contributed by atoms with E-state index in [4.69, 9.17) is 16.3 Å². The summed E-state index contributed by atoms with van der Waals surface area (Å²) >= 11 is 6.09. The molecule has 1 aromatic carbocycles. The van der Waals surface area contributed by atoms with Crippen molar-refractivity contribution in [3.63, 3.8) is 0 Å². The van der Waals surface area contributed by atoms with Gasteiger partial charge in [0.25, 0.3) is 0 Å². The maximum absolute atomic E-state index is 6.09. The first kappa shape index (κ1) is 13.8. The lowest BCUT2D eigenvalue weighted by molar-refractivity contribution is 0.415. The van der Waals surface area contributed by atoms with Crippen LogP contribution >= 0.6 is 11.6 Å². The van der Waals surface area contributed by atoms with Gasteiger partial charge in [0, 0.05) is 25.5 Å². The van der Waals surface area contributed by atoms with Crippen molar-refractivity contribution in [1.82, 2.24) is 10.3 Å². The third-order valence-corrected chi connectivity index (χ3v) is 3.29. The van der Waals surface area contributed by atoms with E-state index < -0.39 is 0 Å². The molecule has 0 bridgehead atoms. The van der Waals surface area contributed by atoms with Crippen molar-refractivity contribution in [2.75, 3.05) is 7.11 Å². The van der Waals surface area contributed by atoms with Crippen LogP contribution in [-0.4, -0.2) is 12.1 Å². The Morgan fingerprint density at radius 1 is 1.26 bits per heavy atom. The molecular weight excluding hydrogens is 260 g/mol. The van der Waals surface area contributed by atoms with Gasteiger partial charge in [0.2, 0.25) is 0 Å². The smallest absolute Gasteiger partial charge is 0.137 e. The van der Waals surface area contributed by atoms with Crippen LogP contribution in [0.1, 0.15) is 16.7 Å². The molecule has 0 saturated carbocycles. The van der Waals surface area contributed by atoms with Gasteiger partial charge in [-0.1, -0.05) is 17.7 Å². The SMILES string of the molecule is COc1ccc(CNCc2ccncc2C)cc1Cl. The number of pyridine rings is 1. The van der Waals surface area contributed by atoms with E-state index in [1.165, 1.54) is 11.1 Å². The monoisotopic (exact) mass is 276 g/mol. The van der Waals surface area contributed by atoms with E-state index >= 15 is 0 Å². The Balaban J connectivity index is 1.93. The van der Waals surface area contributed by atoms with Crippen molar-refractivity contribution in [2.45, 2.75) is 20.0 Å². The van der Waals surface area contributed by atoms with Gasteiger partial charge < -0.3 is 10.1 Å². The second-order valence-corrected chi connectivity index (χ2v) is 4.78. The Hall–Kier alpha value is -1.58. The number of methoxy groups -OCH3 is 1. The molecular formula is C15H17ClN2O. The van der Waals surface area contributed by atoms with Crippen LogP contribution in [0.5, 0.6) is 5.75 Å². The van der Waals surface area contributed by atoms with Gasteiger partial charge in [-0.3, -0.25) is 4.98 Å². The van der Waals surface area contributed by atoms with Gasteiger partial charge in [0.05, 0.1) is 12.1 Å². The molecule has 0 amide bonds. The number of aromatic nitrogens is 1. The molecule has 0 saturated heterocycles. The third kappa shape index (κ3) is 3.69. The van der Waals surface area contributed by atoms with E-state index in [2.05, 4.69) is 17.2 Å². The second kappa shape index (κ2) is 6.55. The molecule has 1 heterocycles. The first-order valence-corrected chi connectivity index (χ1v) is 6.51. The summed E-state index contributed by atoms with van der Waals surface area (Å²) in [5.74, 6) is 0.704. The molecule has 1 aromatic heterocycles. The summed E-state index contributed by atoms with van der Waals surface area (Å²) in [6.07, 6.45) is 3.69. The summed E-state index contributed by atoms with van der Waals surface area (Å²) in [6.45, 7) is 3.65. The van der Waals surface area contributed by atoms with Crippen molar-refractivity contribution in [2.24, 2.45) is 0 Å². The van der Waals surface area contributed by atoms with E-state index in [1.54, 1.807) is 7.11 Å². The average molecular weight is 277 g/mol. The molecule has 3 nitrogen and oxygen atoms in total. The summed E-state index contributed by atoms with van der Waals surface area (Å²) in [5, 5.41) is 4.04. The molecule has 1 N–H and O–H groups in total. The maximum atomic E-state index is 6.09. The lowest BCUT2D eigenvalue weighted by atomic mass is 10.1. The summed E-state index contributed by atoms with van der Waals surface area (Å²) < 4.78 is 5.13. The van der Waals surface area contributed by atoms with Crippen LogP contribution in [0.15, 0.2) is 36.7 Å². The number of halogens is 1. The lowest BCUT2D eigenvalue weighted by Gasteiger charge is -2.09. The molecule has 0 aliphatic heterocycles. The number of hydrogen-bond donors (Lipinski definition) is 1. The van der Waals surface area contributed by atoms with Crippen molar-refractivity contribution >= 4 is 11.6 Å². The fourth-order valence-electron chi connectivity index (χ4n) is 1.86. The van der Waals surface area contributed by atoms with Gasteiger partial charge in [-0.15, -0.1) is 0 Å². The highest BCUT2D eigenvalue weighted by Gasteiger charge is 2.02. The highest BCUT2D eigenvalue weighted by molar-refractivity contribution is 6.32. The van der Waals surface area contributed by atoms with Crippen molar-refractivity contribution in [3.05, 3.63) is 58.4 Å². The molecule has 0 aliphatic rings. The molecule has 0 spiro atoms. The predicted molar refractivity (Wildman–Crippen MR) is 77.5 cm³/mol. The third-order valence-electron chi connectivity index (χ3n) is 3.00. The molecule has 19 heavy (non-hydrogen) atoms. The van der Waals surface area contributed by atoms with Gasteiger partial charge in [0.1, 0.15) is 5.75 Å². The normalized spacial score (nSPS) is 10.5. The van der Waals surface area contributed by atoms with Gasteiger partial charge in [-0.05, 0) is 41.8 Å². The fourth-order valence-corrected chi connectivity index (χ4v) is 2.14. The molecule has 2 rings (SSSR count). The van der Waals surface area contributed by atoms with Gasteiger partial charge in [-0.25, -0.2) is 0 Å². The standard InChI is InChI=1S/C15H17ClN2O/c1-11-8-17-6-5-13(11)10-18-9-12-3-4-15(19-2)14(16)7-12/h3-8,18H,9-10H2,1-2H3. The van der Waals surface area contributed by atoms with Crippen molar-refractivity contribution < 1.29 is 4.74 Å². The Bertz CT molecular complexity index is 558. The Labute approximate surface area is 118 Å². The summed E-state index contributed by atoms with van der Waals surface area (Å²) in [4.78, 5) is 4.08. The molecule has 0 aliphatic carbocycles. The van der Waals surface area contributed by atoms with E-state index in [-0.39, 0.29) is 0 Å². The Kier molecular flexibility index (Phi) is 4.77. The number of nitrogens with one attached hydrogen (secondary N) is 1. The van der Waals surface area contributed by atoms with Crippen LogP contribution in [0.4, 0.5) is 0 Å². The minimum Gasteiger partial charge on any atom is -0.495 e. The van der Waals surface area contributed by atoms with Crippen LogP contribution in [0.25, 0.3) is 0 Å². The lowest BCUT2D eigenvalue weighted by Crippen LogP contribution is -2.13. The largest absolute Gasteiger partial charge is 0.495 e. The molecule has 0 fully saturated rings. The summed E-state index contributed by atoms with van der Waals surface area (Å²) in [6, 6.07) is 7.85. The quantitative estimate of drug-likeness (QED) is 0.909. The molecule has 100 valence electrons. The molecule has 0 atom stereocenters. The minimum atomic E-state index is 0.641. The van der Waals surface area contributed by atoms with Crippen LogP contribution in [0.2, 0.25) is 5.02 Å². The number of rotatable bonds is 5. The number of aryl methyl sites for hydroxylation is 1. The highest BCUT2D eigenvalue weighted by Crippen LogP contribution is 2.24. The van der Waals surface area contributed by atoms with E-state index in [0.717, 1.165) is 18.7 Å². The van der Waals surface area contributed by atoms with Crippen LogP contribution in [0, 0.1) is 6.92 Å². The first-order valence-electron chi connectivity index (χ1n) is 6.13. The topological polar surface area (TPSA) is 34.1 Å². The fraction of sp³-hybridized carbons (Fsp3) is 0.267. The zero-order chi connectivity index (χ0) is 13.7. The minimum absolute atomic E-state index is 0.641. The van der Waals surface area contributed by atoms with Gasteiger partial charge >= 0.3 is 0 Å². The number of hydrogen-bond acceptors (Lipinski definition) is 3. The maximum Gasteiger partial charge on any atom is 0.137 e. The molecule has 4 heteroatoms. The number of ether oxygens (including phenoxy) is 1. The zero-order valence-electron chi connectivity index (χ0n) is 11.1. The van der Waals surface area contributed by atoms with E-state index in [0.29, 0.717) is 10.8 Å². The summed E-state index contributed by atoms with van der Waals surface area (Å²) in [5.41, 5.74) is 3.59. The summed E-state index contributed by atoms with van der Waals surface area (Å²) in [7, 11) is 1.62. The van der Waals surface area contributed by atoms with E-state index in [1.807, 2.05) is 36.7 Å². The van der Waals surface area contributed by atoms with Crippen molar-refractivity contribution in [3.8, 4) is 5.75 Å². The Morgan fingerprint density at radius 2 is 2.11 bits per heavy atom. The van der Waals surface area contributed by atoms with Crippen LogP contribution < -0.4 is 10.1 Å². The average Bonchev–Trinajstić information content (AvgIpc) is 2.41. The van der Waals surface area contributed by atoms with Crippen molar-refractivity contribution in [1.29, 1.82) is 0 Å². The second-order valence-electron chi connectivity index (χ2n) is 4.37. The van der Waals surface area contributed by atoms with Gasteiger partial charge in [-0.2, -0.15) is 0 Å². The first-order chi connectivity index (χ1) is 9.20. The van der Waals surface area contributed by atoms with Crippen LogP contribution in [0.3, 0.4) is 0 Å².